The second kappa shape index (κ2) is 5.71. The highest BCUT2D eigenvalue weighted by Crippen LogP contribution is 2.30. The molecule has 0 aliphatic heterocycles. The molecular formula is C12H15ClFN3O2. The molecule has 0 heterocycles. The molecule has 1 aromatic carbocycles. The summed E-state index contributed by atoms with van der Waals surface area (Å²) in [4.78, 5) is 12.4. The molecule has 1 N–H and O–H groups in total. The van der Waals surface area contributed by atoms with Gasteiger partial charge in [-0.3, -0.25) is 10.1 Å². The van der Waals surface area contributed by atoms with Gasteiger partial charge in [0.05, 0.1) is 16.0 Å². The van der Waals surface area contributed by atoms with Crippen LogP contribution in [0.1, 0.15) is 12.8 Å². The average molecular weight is 288 g/mol. The standard InChI is InChI=1S/C12H15ClFN3O2/c1-16(8-2-3-8)5-4-15-11-6-9(13)10(14)7-12(11)17(18)19/h6-8,15H,2-5H2,1H3. The summed E-state index contributed by atoms with van der Waals surface area (Å²) >= 11 is 5.64. The Kier molecular flexibility index (Phi) is 4.21. The molecule has 2 rings (SSSR count). The lowest BCUT2D eigenvalue weighted by molar-refractivity contribution is -0.384. The summed E-state index contributed by atoms with van der Waals surface area (Å²) in [6.07, 6.45) is 2.41. The number of nitro benzene ring substituents is 1. The first-order valence-electron chi connectivity index (χ1n) is 6.06. The van der Waals surface area contributed by atoms with E-state index in [-0.39, 0.29) is 16.4 Å². The van der Waals surface area contributed by atoms with Crippen molar-refractivity contribution >= 4 is 23.0 Å². The Morgan fingerprint density at radius 1 is 1.58 bits per heavy atom. The molecule has 5 nitrogen and oxygen atoms in total. The predicted molar refractivity (Wildman–Crippen MR) is 72.2 cm³/mol. The number of hydrogen-bond acceptors (Lipinski definition) is 4. The minimum Gasteiger partial charge on any atom is -0.378 e. The molecule has 0 aromatic heterocycles. The van der Waals surface area contributed by atoms with Gasteiger partial charge in [-0.25, -0.2) is 4.39 Å². The maximum atomic E-state index is 13.2. The molecule has 0 saturated heterocycles. The van der Waals surface area contributed by atoms with Crippen molar-refractivity contribution < 1.29 is 9.31 Å². The van der Waals surface area contributed by atoms with E-state index in [1.54, 1.807) is 0 Å². The first-order chi connectivity index (χ1) is 8.99. The van der Waals surface area contributed by atoms with Gasteiger partial charge in [0, 0.05) is 19.1 Å². The molecule has 7 heteroatoms. The number of anilines is 1. The van der Waals surface area contributed by atoms with Crippen LogP contribution in [0.15, 0.2) is 12.1 Å². The van der Waals surface area contributed by atoms with Crippen molar-refractivity contribution in [2.45, 2.75) is 18.9 Å². The number of halogens is 2. The molecule has 1 aliphatic rings. The summed E-state index contributed by atoms with van der Waals surface area (Å²) < 4.78 is 13.2. The third-order valence-electron chi connectivity index (χ3n) is 3.19. The zero-order valence-corrected chi connectivity index (χ0v) is 11.3. The SMILES string of the molecule is CN(CCNc1cc(Cl)c(F)cc1[N+](=O)[O-])C1CC1. The van der Waals surface area contributed by atoms with Crippen LogP contribution in [0.5, 0.6) is 0 Å². The van der Waals surface area contributed by atoms with Gasteiger partial charge in [-0.05, 0) is 26.0 Å². The fourth-order valence-electron chi connectivity index (χ4n) is 1.89. The summed E-state index contributed by atoms with van der Waals surface area (Å²) in [5.41, 5.74) is -0.0448. The molecule has 0 amide bonds. The largest absolute Gasteiger partial charge is 0.378 e. The van der Waals surface area contributed by atoms with Crippen LogP contribution in [-0.4, -0.2) is 36.0 Å². The van der Waals surface area contributed by atoms with Crippen molar-refractivity contribution in [3.8, 4) is 0 Å². The van der Waals surface area contributed by atoms with Crippen LogP contribution in [0.2, 0.25) is 5.02 Å². The Hall–Kier alpha value is -1.40. The lowest BCUT2D eigenvalue weighted by Gasteiger charge is -2.16. The quantitative estimate of drug-likeness (QED) is 0.645. The van der Waals surface area contributed by atoms with Gasteiger partial charge >= 0.3 is 0 Å². The Morgan fingerprint density at radius 2 is 2.26 bits per heavy atom. The van der Waals surface area contributed by atoms with Gasteiger partial charge in [-0.1, -0.05) is 11.6 Å². The van der Waals surface area contributed by atoms with Gasteiger partial charge in [-0.15, -0.1) is 0 Å². The second-order valence-electron chi connectivity index (χ2n) is 4.68. The molecule has 0 radical (unpaired) electrons. The zero-order chi connectivity index (χ0) is 14.0. The van der Waals surface area contributed by atoms with E-state index < -0.39 is 10.7 Å². The summed E-state index contributed by atoms with van der Waals surface area (Å²) in [6.45, 7) is 1.33. The number of nitrogens with zero attached hydrogens (tertiary/aromatic N) is 2. The normalized spacial score (nSPS) is 14.7. The number of nitrogens with one attached hydrogen (secondary N) is 1. The number of rotatable bonds is 6. The Balaban J connectivity index is 2.01. The van der Waals surface area contributed by atoms with Crippen LogP contribution >= 0.6 is 11.6 Å². The molecule has 1 aliphatic carbocycles. The van der Waals surface area contributed by atoms with Crippen LogP contribution in [0.25, 0.3) is 0 Å². The highest BCUT2D eigenvalue weighted by atomic mass is 35.5. The molecular weight excluding hydrogens is 273 g/mol. The number of hydrogen-bond donors (Lipinski definition) is 1. The van der Waals surface area contributed by atoms with Crippen LogP contribution in [0.4, 0.5) is 15.8 Å². The number of benzene rings is 1. The molecule has 1 aromatic rings. The van der Waals surface area contributed by atoms with Gasteiger partial charge in [-0.2, -0.15) is 0 Å². The lowest BCUT2D eigenvalue weighted by Crippen LogP contribution is -2.27. The maximum absolute atomic E-state index is 13.2. The highest BCUT2D eigenvalue weighted by Gasteiger charge is 2.25. The van der Waals surface area contributed by atoms with E-state index in [0.717, 1.165) is 12.6 Å². The van der Waals surface area contributed by atoms with Crippen molar-refractivity contribution in [2.75, 3.05) is 25.5 Å². The van der Waals surface area contributed by atoms with Crippen LogP contribution < -0.4 is 5.32 Å². The second-order valence-corrected chi connectivity index (χ2v) is 5.09. The molecule has 0 atom stereocenters. The summed E-state index contributed by atoms with van der Waals surface area (Å²) in [7, 11) is 2.02. The van der Waals surface area contributed by atoms with Gasteiger partial charge < -0.3 is 10.2 Å². The smallest absolute Gasteiger partial charge is 0.295 e. The first-order valence-corrected chi connectivity index (χ1v) is 6.44. The van der Waals surface area contributed by atoms with Gasteiger partial charge in [0.2, 0.25) is 0 Å². The van der Waals surface area contributed by atoms with Crippen LogP contribution in [-0.2, 0) is 0 Å². The van der Waals surface area contributed by atoms with Gasteiger partial charge in [0.1, 0.15) is 11.5 Å². The van der Waals surface area contributed by atoms with E-state index in [4.69, 9.17) is 11.6 Å². The van der Waals surface area contributed by atoms with E-state index >= 15 is 0 Å². The summed E-state index contributed by atoms with van der Waals surface area (Å²) in [5, 5.41) is 13.7. The van der Waals surface area contributed by atoms with Crippen LogP contribution in [0, 0.1) is 15.9 Å². The molecule has 0 bridgehead atoms. The molecule has 104 valence electrons. The fourth-order valence-corrected chi connectivity index (χ4v) is 2.06. The topological polar surface area (TPSA) is 58.4 Å². The van der Waals surface area contributed by atoms with Gasteiger partial charge in [0.25, 0.3) is 5.69 Å². The third-order valence-corrected chi connectivity index (χ3v) is 3.48. The zero-order valence-electron chi connectivity index (χ0n) is 10.5. The monoisotopic (exact) mass is 287 g/mol. The van der Waals surface area contributed by atoms with Crippen LogP contribution in [0.3, 0.4) is 0 Å². The predicted octanol–water partition coefficient (Wildman–Crippen LogP) is 2.89. The average Bonchev–Trinajstić information content (AvgIpc) is 3.16. The summed E-state index contributed by atoms with van der Waals surface area (Å²) in [5.74, 6) is -0.783. The van der Waals surface area contributed by atoms with Crippen molar-refractivity contribution in [3.63, 3.8) is 0 Å². The molecule has 1 fully saturated rings. The van der Waals surface area contributed by atoms with E-state index in [9.17, 15) is 14.5 Å². The Bertz CT molecular complexity index is 494. The molecule has 0 spiro atoms. The third kappa shape index (κ3) is 3.54. The van der Waals surface area contributed by atoms with E-state index in [2.05, 4.69) is 10.2 Å². The van der Waals surface area contributed by atoms with Gasteiger partial charge in [0.15, 0.2) is 0 Å². The highest BCUT2D eigenvalue weighted by molar-refractivity contribution is 6.31. The Labute approximate surface area is 115 Å². The van der Waals surface area contributed by atoms with Crippen molar-refractivity contribution in [1.82, 2.24) is 4.90 Å². The molecule has 19 heavy (non-hydrogen) atoms. The number of likely N-dealkylation sites (N-methyl/N-ethyl adjacent to an activating group) is 1. The van der Waals surface area contributed by atoms with Crippen molar-refractivity contribution in [2.24, 2.45) is 0 Å². The fraction of sp³-hybridized carbons (Fsp3) is 0.500. The molecule has 0 unspecified atom stereocenters. The molecule has 1 saturated carbocycles. The minimum absolute atomic E-state index is 0.122. The van der Waals surface area contributed by atoms with Crippen molar-refractivity contribution in [1.29, 1.82) is 0 Å². The number of nitro groups is 1. The van der Waals surface area contributed by atoms with E-state index in [1.165, 1.54) is 18.9 Å². The first kappa shape index (κ1) is 14.0. The minimum atomic E-state index is -0.783. The van der Waals surface area contributed by atoms with E-state index in [1.807, 2.05) is 7.05 Å². The van der Waals surface area contributed by atoms with E-state index in [0.29, 0.717) is 12.6 Å². The Morgan fingerprint density at radius 3 is 2.84 bits per heavy atom. The lowest BCUT2D eigenvalue weighted by atomic mass is 10.2. The summed E-state index contributed by atoms with van der Waals surface area (Å²) in [6, 6.07) is 2.73. The maximum Gasteiger partial charge on any atom is 0.295 e. The van der Waals surface area contributed by atoms with Crippen molar-refractivity contribution in [3.05, 3.63) is 33.1 Å².